The molecular weight excluding hydrogens is 458 g/mol. The lowest BCUT2D eigenvalue weighted by Gasteiger charge is -2.34. The topological polar surface area (TPSA) is 113 Å². The first kappa shape index (κ1) is 25.2. The Balaban J connectivity index is 1.78. The van der Waals surface area contributed by atoms with Crippen LogP contribution in [0.1, 0.15) is 41.0 Å². The van der Waals surface area contributed by atoms with Crippen molar-refractivity contribution in [2.75, 3.05) is 43.9 Å². The Bertz CT molecular complexity index is 1160. The van der Waals surface area contributed by atoms with E-state index in [9.17, 15) is 22.8 Å². The lowest BCUT2D eigenvalue weighted by Crippen LogP contribution is -2.50. The number of ether oxygens (including phenoxy) is 1. The van der Waals surface area contributed by atoms with Crippen LogP contribution in [0.25, 0.3) is 0 Å². The first-order valence-electron chi connectivity index (χ1n) is 11.2. The number of hydrogen-bond donors (Lipinski definition) is 1. The van der Waals surface area contributed by atoms with Gasteiger partial charge in [-0.2, -0.15) is 0 Å². The van der Waals surface area contributed by atoms with Gasteiger partial charge < -0.3 is 19.9 Å². The smallest absolute Gasteiger partial charge is 0.409 e. The van der Waals surface area contributed by atoms with Gasteiger partial charge in [0.2, 0.25) is 0 Å². The van der Waals surface area contributed by atoms with Gasteiger partial charge in [0.05, 0.1) is 34.1 Å². The van der Waals surface area contributed by atoms with Crippen LogP contribution >= 0.6 is 0 Å². The minimum atomic E-state index is -3.62. The van der Waals surface area contributed by atoms with E-state index in [1.165, 1.54) is 12.1 Å². The summed E-state index contributed by atoms with van der Waals surface area (Å²) >= 11 is 0. The first-order chi connectivity index (χ1) is 16.3. The van der Waals surface area contributed by atoms with Crippen LogP contribution in [-0.4, -0.2) is 74.7 Å². The lowest BCUT2D eigenvalue weighted by atomic mass is 10.1. The molecule has 3 rings (SSSR count). The zero-order chi connectivity index (χ0) is 24.7. The fourth-order valence-corrected chi connectivity index (χ4v) is 5.29. The molecule has 3 amide bonds. The van der Waals surface area contributed by atoms with Crippen molar-refractivity contribution in [3.8, 4) is 0 Å². The molecule has 0 aliphatic carbocycles. The molecule has 0 atom stereocenters. The second-order valence-corrected chi connectivity index (χ2v) is 9.87. The number of nitrogens with zero attached hydrogens (tertiary/aromatic N) is 2. The van der Waals surface area contributed by atoms with Crippen LogP contribution in [0.4, 0.5) is 10.5 Å². The summed E-state index contributed by atoms with van der Waals surface area (Å²) in [5.74, 6) is -0.960. The Morgan fingerprint density at radius 3 is 2.12 bits per heavy atom. The third-order valence-electron chi connectivity index (χ3n) is 5.44. The largest absolute Gasteiger partial charge is 0.450 e. The zero-order valence-corrected chi connectivity index (χ0v) is 20.1. The standard InChI is InChI=1S/C24H29N3O6S/c1-3-17-34(31,32)21-12-8-6-10-19(21)22(28)25-20-11-7-5-9-18(20)23(29)26-13-15-27(16-14-26)24(30)33-4-2/h5-12H,3-4,13-17H2,1-2H3,(H,25,28). The van der Waals surface area contributed by atoms with Crippen molar-refractivity contribution in [3.05, 3.63) is 59.7 Å². The number of piperazine rings is 1. The number of rotatable bonds is 7. The van der Waals surface area contributed by atoms with Gasteiger partial charge in [0.15, 0.2) is 9.84 Å². The number of para-hydroxylation sites is 1. The van der Waals surface area contributed by atoms with Gasteiger partial charge in [-0.3, -0.25) is 9.59 Å². The Hall–Kier alpha value is -3.40. The van der Waals surface area contributed by atoms with Crippen molar-refractivity contribution in [1.82, 2.24) is 9.80 Å². The van der Waals surface area contributed by atoms with E-state index < -0.39 is 21.8 Å². The molecule has 0 spiro atoms. The lowest BCUT2D eigenvalue weighted by molar-refractivity contribution is 0.0571. The van der Waals surface area contributed by atoms with Crippen LogP contribution in [-0.2, 0) is 14.6 Å². The summed E-state index contributed by atoms with van der Waals surface area (Å²) in [6.07, 6.45) is 0.0259. The summed E-state index contributed by atoms with van der Waals surface area (Å²) in [5, 5.41) is 2.71. The third-order valence-corrected chi connectivity index (χ3v) is 7.41. The number of anilines is 1. The summed E-state index contributed by atoms with van der Waals surface area (Å²) in [6.45, 7) is 5.14. The van der Waals surface area contributed by atoms with Crippen LogP contribution in [0, 0.1) is 0 Å². The fraction of sp³-hybridized carbons (Fsp3) is 0.375. The monoisotopic (exact) mass is 487 g/mol. The van der Waals surface area contributed by atoms with Crippen molar-refractivity contribution in [3.63, 3.8) is 0 Å². The maximum absolute atomic E-state index is 13.2. The predicted molar refractivity (Wildman–Crippen MR) is 128 cm³/mol. The molecule has 1 aliphatic rings. The quantitative estimate of drug-likeness (QED) is 0.642. The van der Waals surface area contributed by atoms with Crippen LogP contribution in [0.3, 0.4) is 0 Å². The molecule has 9 nitrogen and oxygen atoms in total. The number of carbonyl (C=O) groups excluding carboxylic acids is 3. The van der Waals surface area contributed by atoms with E-state index in [4.69, 9.17) is 4.74 Å². The molecular formula is C24H29N3O6S. The first-order valence-corrected chi connectivity index (χ1v) is 12.9. The summed E-state index contributed by atoms with van der Waals surface area (Å²) < 4.78 is 30.3. The zero-order valence-electron chi connectivity index (χ0n) is 19.3. The molecule has 34 heavy (non-hydrogen) atoms. The normalized spacial score (nSPS) is 13.9. The maximum Gasteiger partial charge on any atom is 0.409 e. The van der Waals surface area contributed by atoms with Gasteiger partial charge in [-0.25, -0.2) is 13.2 Å². The average molecular weight is 488 g/mol. The number of carbonyl (C=O) groups is 3. The SMILES string of the molecule is CCCS(=O)(=O)c1ccccc1C(=O)Nc1ccccc1C(=O)N1CCN(C(=O)OCC)CC1. The molecule has 182 valence electrons. The molecule has 0 aromatic heterocycles. The highest BCUT2D eigenvalue weighted by Crippen LogP contribution is 2.23. The van der Waals surface area contributed by atoms with E-state index >= 15 is 0 Å². The van der Waals surface area contributed by atoms with Gasteiger partial charge >= 0.3 is 6.09 Å². The second kappa shape index (κ2) is 11.1. The van der Waals surface area contributed by atoms with Gasteiger partial charge in [-0.05, 0) is 37.6 Å². The van der Waals surface area contributed by atoms with Crippen molar-refractivity contribution in [2.24, 2.45) is 0 Å². The molecule has 0 unspecified atom stereocenters. The summed E-state index contributed by atoms with van der Waals surface area (Å²) in [7, 11) is -3.62. The van der Waals surface area contributed by atoms with E-state index in [-0.39, 0.29) is 40.0 Å². The number of amides is 3. The number of hydrogen-bond acceptors (Lipinski definition) is 6. The van der Waals surface area contributed by atoms with Gasteiger partial charge in [0.1, 0.15) is 0 Å². The number of sulfone groups is 1. The van der Waals surface area contributed by atoms with Crippen molar-refractivity contribution in [1.29, 1.82) is 0 Å². The number of benzene rings is 2. The van der Waals surface area contributed by atoms with Gasteiger partial charge in [0, 0.05) is 26.2 Å². The Morgan fingerprint density at radius 1 is 0.882 bits per heavy atom. The van der Waals surface area contributed by atoms with Crippen molar-refractivity contribution >= 4 is 33.4 Å². The summed E-state index contributed by atoms with van der Waals surface area (Å²) in [6, 6.07) is 12.6. The molecule has 1 saturated heterocycles. The van der Waals surface area contributed by atoms with Crippen molar-refractivity contribution < 1.29 is 27.5 Å². The van der Waals surface area contributed by atoms with Crippen molar-refractivity contribution in [2.45, 2.75) is 25.2 Å². The predicted octanol–water partition coefficient (Wildman–Crippen LogP) is 3.04. The Labute approximate surface area is 199 Å². The molecule has 1 heterocycles. The fourth-order valence-electron chi connectivity index (χ4n) is 3.75. The summed E-state index contributed by atoms with van der Waals surface area (Å²) in [4.78, 5) is 41.3. The molecule has 1 N–H and O–H groups in total. The Morgan fingerprint density at radius 2 is 1.47 bits per heavy atom. The minimum Gasteiger partial charge on any atom is -0.450 e. The van der Waals surface area contributed by atoms with E-state index in [0.717, 1.165) is 0 Å². The second-order valence-electron chi connectivity index (χ2n) is 7.79. The summed E-state index contributed by atoms with van der Waals surface area (Å²) in [5.41, 5.74) is 0.601. The van der Waals surface area contributed by atoms with Crippen LogP contribution in [0.5, 0.6) is 0 Å². The van der Waals surface area contributed by atoms with E-state index in [0.29, 0.717) is 32.6 Å². The molecule has 2 aromatic carbocycles. The highest BCUT2D eigenvalue weighted by atomic mass is 32.2. The number of nitrogens with one attached hydrogen (secondary N) is 1. The van der Waals surface area contributed by atoms with E-state index in [2.05, 4.69) is 5.32 Å². The molecule has 1 fully saturated rings. The molecule has 10 heteroatoms. The third kappa shape index (κ3) is 5.74. The van der Waals surface area contributed by atoms with Crippen LogP contribution in [0.15, 0.2) is 53.4 Å². The van der Waals surface area contributed by atoms with Crippen LogP contribution < -0.4 is 5.32 Å². The Kier molecular flexibility index (Phi) is 8.27. The van der Waals surface area contributed by atoms with Gasteiger partial charge in [-0.15, -0.1) is 0 Å². The van der Waals surface area contributed by atoms with E-state index in [1.54, 1.807) is 60.0 Å². The molecule has 0 bridgehead atoms. The highest BCUT2D eigenvalue weighted by Gasteiger charge is 2.27. The molecule has 2 aromatic rings. The molecule has 1 aliphatic heterocycles. The molecule has 0 radical (unpaired) electrons. The van der Waals surface area contributed by atoms with Gasteiger partial charge in [0.25, 0.3) is 11.8 Å². The highest BCUT2D eigenvalue weighted by molar-refractivity contribution is 7.91. The van der Waals surface area contributed by atoms with Gasteiger partial charge in [-0.1, -0.05) is 31.2 Å². The molecule has 0 saturated carbocycles. The maximum atomic E-state index is 13.2. The minimum absolute atomic E-state index is 0.0289. The van der Waals surface area contributed by atoms with E-state index in [1.807, 2.05) is 0 Å². The average Bonchev–Trinajstić information content (AvgIpc) is 2.84. The van der Waals surface area contributed by atoms with Crippen LogP contribution in [0.2, 0.25) is 0 Å².